The topological polar surface area (TPSA) is 170 Å². The zero-order chi connectivity index (χ0) is 32.0. The van der Waals surface area contributed by atoms with E-state index in [0.29, 0.717) is 40.9 Å². The van der Waals surface area contributed by atoms with Crippen molar-refractivity contribution in [1.29, 1.82) is 0 Å². The second kappa shape index (κ2) is 12.6. The molecule has 1 aliphatic heterocycles. The van der Waals surface area contributed by atoms with Gasteiger partial charge in [0, 0.05) is 40.0 Å². The molecule has 2 aliphatic rings. The maximum Gasteiger partial charge on any atom is 0.265 e. The van der Waals surface area contributed by atoms with E-state index in [-0.39, 0.29) is 37.1 Å². The summed E-state index contributed by atoms with van der Waals surface area (Å²) >= 11 is 14.7. The van der Waals surface area contributed by atoms with E-state index in [1.807, 2.05) is 0 Å². The van der Waals surface area contributed by atoms with Gasteiger partial charge in [0.05, 0.1) is 33.4 Å². The Labute approximate surface area is 270 Å². The van der Waals surface area contributed by atoms with Gasteiger partial charge in [-0.15, -0.1) is 0 Å². The van der Waals surface area contributed by atoms with Crippen LogP contribution in [0.1, 0.15) is 17.8 Å². The Balaban J connectivity index is 1.54. The highest BCUT2D eigenvalue weighted by Gasteiger charge is 2.38. The molecular formula is C27H23Cl2N2O9S4+. The number of aliphatic hydroxyl groups is 1. The number of aliphatic hydroxyl groups excluding tert-OH is 1. The molecule has 1 aliphatic carbocycles. The molecule has 1 aromatic heterocycles. The monoisotopic (exact) mass is 717 g/mol. The number of aryl methyl sites for hydroxylation is 1. The number of rotatable bonds is 10. The highest BCUT2D eigenvalue weighted by Crippen LogP contribution is 2.48. The average molecular weight is 719 g/mol. The number of carbonyl (C=O) groups is 2. The molecule has 0 spiro atoms. The largest absolute Gasteiger partial charge is 0.506 e. The molecule has 11 nitrogen and oxygen atoms in total. The Morgan fingerprint density at radius 3 is 2.25 bits per heavy atom. The molecule has 2 heterocycles. The van der Waals surface area contributed by atoms with Crippen LogP contribution in [-0.4, -0.2) is 60.7 Å². The highest BCUT2D eigenvalue weighted by atomic mass is 35.5. The summed E-state index contributed by atoms with van der Waals surface area (Å²) in [5.41, 5.74) is 0.820. The molecule has 3 aromatic rings. The van der Waals surface area contributed by atoms with Crippen LogP contribution >= 0.6 is 46.3 Å². The third kappa shape index (κ3) is 7.21. The molecule has 0 saturated carbocycles. The van der Waals surface area contributed by atoms with Crippen LogP contribution < -0.4 is 9.47 Å². The van der Waals surface area contributed by atoms with Crippen molar-refractivity contribution < 1.29 is 45.2 Å². The van der Waals surface area contributed by atoms with Gasteiger partial charge in [0.25, 0.3) is 25.2 Å². The van der Waals surface area contributed by atoms with E-state index in [1.165, 1.54) is 35.3 Å². The summed E-state index contributed by atoms with van der Waals surface area (Å²) in [6.45, 7) is 0.278. The van der Waals surface area contributed by atoms with Crippen molar-refractivity contribution in [3.05, 3.63) is 79.5 Å². The molecule has 17 heteroatoms. The van der Waals surface area contributed by atoms with Gasteiger partial charge in [-0.1, -0.05) is 46.3 Å². The lowest BCUT2D eigenvalue weighted by Gasteiger charge is -2.20. The standard InChI is InChI=1S/C27H22Cl2N2O9S4/c28-15-3-5-19-21(11-15)41-23(30(19)7-1-9-43(35,36)37)13-17-25(32)18(27(34)26(17)33)14-24-31(8-2-10-44(38,39)40)20-6-4-16(29)12-22(20)42-24/h3-6,11-14H,1-2,7-10H2,(H2-,32,33,34,35,36,37,38,39,40)/p+1. The van der Waals surface area contributed by atoms with Gasteiger partial charge >= 0.3 is 0 Å². The van der Waals surface area contributed by atoms with Crippen molar-refractivity contribution in [2.45, 2.75) is 24.3 Å². The number of allylic oxidation sites excluding steroid dienone is 3. The van der Waals surface area contributed by atoms with Crippen molar-refractivity contribution in [2.75, 3.05) is 23.0 Å². The van der Waals surface area contributed by atoms with E-state index in [0.717, 1.165) is 0 Å². The second-order valence-corrected chi connectivity index (χ2v) is 16.0. The Kier molecular flexibility index (Phi) is 9.31. The van der Waals surface area contributed by atoms with Crippen LogP contribution in [0.15, 0.2) is 69.3 Å². The summed E-state index contributed by atoms with van der Waals surface area (Å²) in [6, 6.07) is 10.1. The van der Waals surface area contributed by atoms with Crippen LogP contribution in [0.2, 0.25) is 10.0 Å². The fourth-order valence-electron chi connectivity index (χ4n) is 4.76. The molecule has 5 rings (SSSR count). The number of benzene rings is 2. The van der Waals surface area contributed by atoms with Crippen LogP contribution in [0.5, 0.6) is 0 Å². The number of thioether (sulfide) groups is 1. The van der Waals surface area contributed by atoms with E-state index in [2.05, 4.69) is 0 Å². The van der Waals surface area contributed by atoms with Crippen molar-refractivity contribution in [2.24, 2.45) is 0 Å². The van der Waals surface area contributed by atoms with Crippen molar-refractivity contribution >= 4 is 100 Å². The van der Waals surface area contributed by atoms with Gasteiger partial charge in [0.2, 0.25) is 17.1 Å². The van der Waals surface area contributed by atoms with Crippen LogP contribution in [-0.2, 0) is 36.4 Å². The predicted molar refractivity (Wildman–Crippen MR) is 169 cm³/mol. The molecular weight excluding hydrogens is 695 g/mol. The normalized spacial score (nSPS) is 17.6. The lowest BCUT2D eigenvalue weighted by molar-refractivity contribution is -0.668. The number of thiazole rings is 1. The summed E-state index contributed by atoms with van der Waals surface area (Å²) in [5, 5.41) is 12.9. The molecule has 0 saturated heterocycles. The molecule has 2 aromatic carbocycles. The first kappa shape index (κ1) is 32.6. The van der Waals surface area contributed by atoms with Crippen LogP contribution in [0.25, 0.3) is 16.3 Å². The van der Waals surface area contributed by atoms with Crippen LogP contribution in [0.4, 0.5) is 5.69 Å². The Hall–Kier alpha value is -2.76. The smallest absolute Gasteiger partial charge is 0.265 e. The van der Waals surface area contributed by atoms with Crippen molar-refractivity contribution in [3.63, 3.8) is 0 Å². The lowest BCUT2D eigenvalue weighted by Crippen LogP contribution is -2.36. The fourth-order valence-corrected chi connectivity index (χ4v) is 8.57. The third-order valence-electron chi connectivity index (χ3n) is 6.70. The molecule has 0 atom stereocenters. The maximum absolute atomic E-state index is 13.1. The van der Waals surface area contributed by atoms with E-state index in [4.69, 9.17) is 23.2 Å². The van der Waals surface area contributed by atoms with E-state index >= 15 is 0 Å². The highest BCUT2D eigenvalue weighted by molar-refractivity contribution is 8.03. The molecule has 0 unspecified atom stereocenters. The Morgan fingerprint density at radius 2 is 1.55 bits per heavy atom. The zero-order valence-electron chi connectivity index (χ0n) is 22.4. The quantitative estimate of drug-likeness (QED) is 0.113. The van der Waals surface area contributed by atoms with Gasteiger partial charge < -0.3 is 10.0 Å². The van der Waals surface area contributed by atoms with Crippen LogP contribution in [0.3, 0.4) is 0 Å². The number of halogens is 2. The lowest BCUT2D eigenvalue weighted by atomic mass is 10.1. The summed E-state index contributed by atoms with van der Waals surface area (Å²) in [4.78, 5) is 28.7. The number of carbonyl (C=O) groups excluding carboxylic acids is 2. The Bertz CT molecular complexity index is 2030. The second-order valence-electron chi connectivity index (χ2n) is 9.81. The zero-order valence-corrected chi connectivity index (χ0v) is 27.2. The molecule has 44 heavy (non-hydrogen) atoms. The van der Waals surface area contributed by atoms with Gasteiger partial charge in [-0.05, 0) is 42.8 Å². The Morgan fingerprint density at radius 1 is 0.886 bits per heavy atom. The number of hydrogen-bond donors (Lipinski definition) is 3. The van der Waals surface area contributed by atoms with E-state index in [9.17, 15) is 40.6 Å². The number of hydrogen-bond acceptors (Lipinski definition) is 10. The van der Waals surface area contributed by atoms with Crippen molar-refractivity contribution in [3.8, 4) is 0 Å². The minimum Gasteiger partial charge on any atom is -0.506 e. The third-order valence-corrected chi connectivity index (χ3v) is 11.0. The number of aromatic nitrogens is 1. The molecule has 0 bridgehead atoms. The first-order valence-electron chi connectivity index (χ1n) is 12.8. The summed E-state index contributed by atoms with van der Waals surface area (Å²) in [7, 11) is -8.42. The molecule has 0 radical (unpaired) electrons. The van der Waals surface area contributed by atoms with Crippen LogP contribution in [0, 0.1) is 0 Å². The minimum atomic E-state index is -4.21. The van der Waals surface area contributed by atoms with Gasteiger partial charge in [0.15, 0.2) is 6.54 Å². The number of Topliss-reactive ketones (excluding diaryl/α,β-unsaturated/α-hetero) is 2. The number of fused-ring (bicyclic) bond motifs is 2. The van der Waals surface area contributed by atoms with E-state index in [1.54, 1.807) is 45.9 Å². The van der Waals surface area contributed by atoms with Gasteiger partial charge in [-0.3, -0.25) is 18.7 Å². The van der Waals surface area contributed by atoms with E-state index < -0.39 is 49.1 Å². The van der Waals surface area contributed by atoms with Gasteiger partial charge in [-0.25, -0.2) is 0 Å². The first-order chi connectivity index (χ1) is 20.6. The molecule has 0 fully saturated rings. The fraction of sp³-hybridized carbons (Fsp3) is 0.222. The summed E-state index contributed by atoms with van der Waals surface area (Å²) in [5.74, 6) is -3.44. The summed E-state index contributed by atoms with van der Waals surface area (Å²) in [6.07, 6.45) is 2.81. The average Bonchev–Trinajstić information content (AvgIpc) is 3.49. The minimum absolute atomic E-state index is 0.0510. The maximum atomic E-state index is 13.1. The molecule has 232 valence electrons. The molecule has 3 N–H and O–H groups in total. The molecule has 0 amide bonds. The number of nitrogens with zero attached hydrogens (tertiary/aromatic N) is 2. The number of ketones is 2. The SMILES string of the molecule is O=C1C(=O)/C(=C\c2sc3cc(Cl)ccc3[n+]2CCCS(=O)(=O)O)C(O)=C1/C=C1\Sc2cc(Cl)ccc2N1CCCS(=O)(=O)O. The van der Waals surface area contributed by atoms with Gasteiger partial charge in [-0.2, -0.15) is 21.4 Å². The van der Waals surface area contributed by atoms with Gasteiger partial charge in [0.1, 0.15) is 10.5 Å². The predicted octanol–water partition coefficient (Wildman–Crippen LogP) is 4.85. The first-order valence-corrected chi connectivity index (χ1v) is 18.5. The number of anilines is 1. The van der Waals surface area contributed by atoms with Crippen molar-refractivity contribution in [1.82, 2.24) is 0 Å². The summed E-state index contributed by atoms with van der Waals surface area (Å²) < 4.78 is 65.9.